The van der Waals surface area contributed by atoms with Crippen LogP contribution < -0.4 is 5.32 Å². The van der Waals surface area contributed by atoms with E-state index in [0.29, 0.717) is 11.3 Å². The van der Waals surface area contributed by atoms with Gasteiger partial charge in [0.05, 0.1) is 10.5 Å². The first-order chi connectivity index (χ1) is 13.0. The molecule has 0 unspecified atom stereocenters. The van der Waals surface area contributed by atoms with E-state index in [1.165, 1.54) is 24.3 Å². The number of nitrogens with zero attached hydrogens (tertiary/aromatic N) is 2. The lowest BCUT2D eigenvalue weighted by Gasteiger charge is -2.12. The van der Waals surface area contributed by atoms with Crippen LogP contribution in [-0.4, -0.2) is 28.2 Å². The van der Waals surface area contributed by atoms with Crippen LogP contribution in [0.4, 0.5) is 11.4 Å². The molecular formula is C20H19N3O4. The van der Waals surface area contributed by atoms with Gasteiger partial charge in [-0.25, -0.2) is 0 Å². The number of carbonyl (C=O) groups excluding carboxylic acids is 2. The summed E-state index contributed by atoms with van der Waals surface area (Å²) < 4.78 is 0. The van der Waals surface area contributed by atoms with Crippen molar-refractivity contribution < 1.29 is 14.5 Å². The normalized spacial score (nSPS) is 14.1. The summed E-state index contributed by atoms with van der Waals surface area (Å²) in [6.07, 6.45) is 0.901. The van der Waals surface area contributed by atoms with Gasteiger partial charge in [-0.2, -0.15) is 0 Å². The van der Waals surface area contributed by atoms with Crippen molar-refractivity contribution in [1.29, 1.82) is 0 Å². The van der Waals surface area contributed by atoms with Gasteiger partial charge in [-0.3, -0.25) is 24.6 Å². The lowest BCUT2D eigenvalue weighted by molar-refractivity contribution is -0.384. The molecule has 27 heavy (non-hydrogen) atoms. The summed E-state index contributed by atoms with van der Waals surface area (Å²) in [7, 11) is 0. The molecule has 0 spiro atoms. The highest BCUT2D eigenvalue weighted by atomic mass is 16.6. The van der Waals surface area contributed by atoms with Crippen molar-refractivity contribution in [3.05, 3.63) is 75.5 Å². The van der Waals surface area contributed by atoms with Crippen molar-refractivity contribution in [2.45, 2.75) is 20.3 Å². The van der Waals surface area contributed by atoms with Crippen LogP contribution in [0.25, 0.3) is 5.57 Å². The molecule has 2 aromatic carbocycles. The molecule has 2 aromatic rings. The number of rotatable bonds is 6. The number of nitrogens with one attached hydrogen (secondary N) is 1. The summed E-state index contributed by atoms with van der Waals surface area (Å²) in [5, 5.41) is 13.9. The number of nitro benzene ring substituents is 1. The minimum atomic E-state index is -0.507. The van der Waals surface area contributed by atoms with Crippen LogP contribution in [0.3, 0.4) is 0 Å². The molecule has 1 aliphatic heterocycles. The Labute approximate surface area is 156 Å². The number of imide groups is 1. The Morgan fingerprint density at radius 3 is 2.11 bits per heavy atom. The number of nitro groups is 1. The minimum Gasteiger partial charge on any atom is -0.350 e. The lowest BCUT2D eigenvalue weighted by atomic mass is 10.0. The molecule has 0 aromatic heterocycles. The number of aryl methyl sites for hydroxylation is 1. The van der Waals surface area contributed by atoms with Gasteiger partial charge in [-0.05, 0) is 48.7 Å². The molecule has 0 fully saturated rings. The predicted molar refractivity (Wildman–Crippen MR) is 102 cm³/mol. The maximum atomic E-state index is 12.7. The predicted octanol–water partition coefficient (Wildman–Crippen LogP) is 3.37. The number of anilines is 1. The SMILES string of the molecule is CCc1ccc(NC2=C(c3ccc([N+](=O)[O-])cc3)C(=O)N(CC)C2=O)cc1. The summed E-state index contributed by atoms with van der Waals surface area (Å²) >= 11 is 0. The Balaban J connectivity index is 2.03. The highest BCUT2D eigenvalue weighted by Crippen LogP contribution is 2.31. The Bertz CT molecular complexity index is 931. The topological polar surface area (TPSA) is 92.6 Å². The van der Waals surface area contributed by atoms with Gasteiger partial charge < -0.3 is 5.32 Å². The average Bonchev–Trinajstić information content (AvgIpc) is 2.91. The number of hydrogen-bond acceptors (Lipinski definition) is 5. The van der Waals surface area contributed by atoms with E-state index in [0.717, 1.165) is 16.9 Å². The van der Waals surface area contributed by atoms with Gasteiger partial charge in [0.1, 0.15) is 5.70 Å². The van der Waals surface area contributed by atoms with Gasteiger partial charge in [0.2, 0.25) is 0 Å². The molecule has 0 aliphatic carbocycles. The second-order valence-electron chi connectivity index (χ2n) is 6.08. The lowest BCUT2D eigenvalue weighted by Crippen LogP contribution is -2.32. The number of likely N-dealkylation sites (N-methyl/N-ethyl adjacent to an activating group) is 1. The Morgan fingerprint density at radius 1 is 0.963 bits per heavy atom. The monoisotopic (exact) mass is 365 g/mol. The third kappa shape index (κ3) is 3.44. The molecular weight excluding hydrogens is 346 g/mol. The van der Waals surface area contributed by atoms with E-state index in [2.05, 4.69) is 12.2 Å². The maximum Gasteiger partial charge on any atom is 0.278 e. The minimum absolute atomic E-state index is 0.0758. The van der Waals surface area contributed by atoms with Crippen LogP contribution in [-0.2, 0) is 16.0 Å². The summed E-state index contributed by atoms with van der Waals surface area (Å²) in [4.78, 5) is 37.0. The summed E-state index contributed by atoms with van der Waals surface area (Å²) in [5.74, 6) is -0.820. The Kier molecular flexibility index (Phi) is 5.03. The number of benzene rings is 2. The van der Waals surface area contributed by atoms with Crippen molar-refractivity contribution in [1.82, 2.24) is 4.90 Å². The highest BCUT2D eigenvalue weighted by molar-refractivity contribution is 6.36. The fraction of sp³-hybridized carbons (Fsp3) is 0.200. The van der Waals surface area contributed by atoms with Crippen LogP contribution in [0.5, 0.6) is 0 Å². The van der Waals surface area contributed by atoms with Gasteiger partial charge in [0, 0.05) is 24.4 Å². The molecule has 1 heterocycles. The molecule has 0 saturated heterocycles. The zero-order valence-electron chi connectivity index (χ0n) is 15.1. The molecule has 0 bridgehead atoms. The van der Waals surface area contributed by atoms with Crippen molar-refractivity contribution in [3.8, 4) is 0 Å². The molecule has 138 valence electrons. The van der Waals surface area contributed by atoms with Crippen molar-refractivity contribution in [3.63, 3.8) is 0 Å². The van der Waals surface area contributed by atoms with E-state index in [-0.39, 0.29) is 23.5 Å². The van der Waals surface area contributed by atoms with E-state index in [9.17, 15) is 19.7 Å². The second-order valence-corrected chi connectivity index (χ2v) is 6.08. The molecule has 3 rings (SSSR count). The average molecular weight is 365 g/mol. The van der Waals surface area contributed by atoms with E-state index in [4.69, 9.17) is 0 Å². The van der Waals surface area contributed by atoms with Crippen LogP contribution in [0.1, 0.15) is 25.0 Å². The number of non-ortho nitro benzene ring substituents is 1. The maximum absolute atomic E-state index is 12.7. The quantitative estimate of drug-likeness (QED) is 0.481. The largest absolute Gasteiger partial charge is 0.350 e. The molecule has 7 nitrogen and oxygen atoms in total. The third-order valence-corrected chi connectivity index (χ3v) is 4.48. The van der Waals surface area contributed by atoms with Crippen LogP contribution >= 0.6 is 0 Å². The molecule has 1 N–H and O–H groups in total. The third-order valence-electron chi connectivity index (χ3n) is 4.48. The zero-order chi connectivity index (χ0) is 19.6. The van der Waals surface area contributed by atoms with Crippen LogP contribution in [0, 0.1) is 10.1 Å². The van der Waals surface area contributed by atoms with Gasteiger partial charge in [0.25, 0.3) is 17.5 Å². The Hall–Kier alpha value is -3.48. The molecule has 0 radical (unpaired) electrons. The van der Waals surface area contributed by atoms with E-state index >= 15 is 0 Å². The summed E-state index contributed by atoms with van der Waals surface area (Å²) in [5.41, 5.74) is 2.64. The van der Waals surface area contributed by atoms with Gasteiger partial charge in [-0.1, -0.05) is 19.1 Å². The first-order valence-corrected chi connectivity index (χ1v) is 8.67. The smallest absolute Gasteiger partial charge is 0.278 e. The van der Waals surface area contributed by atoms with Crippen molar-refractivity contribution >= 4 is 28.8 Å². The second kappa shape index (κ2) is 7.41. The first kappa shape index (κ1) is 18.3. The fourth-order valence-electron chi connectivity index (χ4n) is 2.96. The Morgan fingerprint density at radius 2 is 1.59 bits per heavy atom. The van der Waals surface area contributed by atoms with Gasteiger partial charge >= 0.3 is 0 Å². The van der Waals surface area contributed by atoms with Crippen molar-refractivity contribution in [2.75, 3.05) is 11.9 Å². The van der Waals surface area contributed by atoms with Crippen LogP contribution in [0.2, 0.25) is 0 Å². The molecule has 2 amide bonds. The summed E-state index contributed by atoms with van der Waals surface area (Å²) in [6.45, 7) is 4.02. The highest BCUT2D eigenvalue weighted by Gasteiger charge is 2.38. The van der Waals surface area contributed by atoms with Crippen LogP contribution in [0.15, 0.2) is 54.2 Å². The van der Waals surface area contributed by atoms with E-state index in [1.54, 1.807) is 6.92 Å². The van der Waals surface area contributed by atoms with Crippen molar-refractivity contribution in [2.24, 2.45) is 0 Å². The number of amides is 2. The molecule has 0 saturated carbocycles. The van der Waals surface area contributed by atoms with E-state index < -0.39 is 16.7 Å². The fourth-order valence-corrected chi connectivity index (χ4v) is 2.96. The van der Waals surface area contributed by atoms with Gasteiger partial charge in [0.15, 0.2) is 0 Å². The standard InChI is InChI=1S/C20H19N3O4/c1-3-13-5-9-15(10-6-13)21-18-17(19(24)22(4-2)20(18)25)14-7-11-16(12-8-14)23(26)27/h5-12,21H,3-4H2,1-2H3. The summed E-state index contributed by atoms with van der Waals surface area (Å²) in [6, 6.07) is 13.2. The molecule has 0 atom stereocenters. The number of hydrogen-bond donors (Lipinski definition) is 1. The molecule has 7 heteroatoms. The first-order valence-electron chi connectivity index (χ1n) is 8.67. The number of carbonyl (C=O) groups is 2. The van der Waals surface area contributed by atoms with Gasteiger partial charge in [-0.15, -0.1) is 0 Å². The van der Waals surface area contributed by atoms with E-state index in [1.807, 2.05) is 24.3 Å². The molecule has 1 aliphatic rings. The zero-order valence-corrected chi connectivity index (χ0v) is 15.1.